The molecular formula is C26H25N3O4S2. The van der Waals surface area contributed by atoms with Gasteiger partial charge in [0, 0.05) is 13.1 Å². The number of rotatable bonds is 6. The van der Waals surface area contributed by atoms with Crippen molar-refractivity contribution in [2.75, 3.05) is 17.8 Å². The molecule has 0 unspecified atom stereocenters. The zero-order valence-corrected chi connectivity index (χ0v) is 20.6. The van der Waals surface area contributed by atoms with E-state index in [0.29, 0.717) is 35.4 Å². The van der Waals surface area contributed by atoms with Crippen LogP contribution >= 0.6 is 11.3 Å². The molecule has 4 aromatic rings. The summed E-state index contributed by atoms with van der Waals surface area (Å²) >= 11 is 1.02. The third kappa shape index (κ3) is 4.87. The van der Waals surface area contributed by atoms with Crippen molar-refractivity contribution in [3.05, 3.63) is 93.6 Å². The van der Waals surface area contributed by atoms with Crippen LogP contribution in [0.5, 0.6) is 0 Å². The van der Waals surface area contributed by atoms with Gasteiger partial charge < -0.3 is 4.90 Å². The van der Waals surface area contributed by atoms with E-state index in [-0.39, 0.29) is 21.4 Å². The molecule has 0 aliphatic carbocycles. The molecule has 1 saturated heterocycles. The SMILES string of the molecule is O=C(c1ccccc1NS(=O)(=O)c1ccc2c(c1)sc(=O)n2Cc1ccccc1)N1CCCCC1. The van der Waals surface area contributed by atoms with Crippen LogP contribution in [0.25, 0.3) is 10.2 Å². The highest BCUT2D eigenvalue weighted by Crippen LogP contribution is 2.26. The molecule has 0 spiro atoms. The molecule has 1 fully saturated rings. The Kier molecular flexibility index (Phi) is 6.44. The van der Waals surface area contributed by atoms with E-state index in [0.717, 1.165) is 36.2 Å². The lowest BCUT2D eigenvalue weighted by molar-refractivity contribution is 0.0725. The van der Waals surface area contributed by atoms with Crippen LogP contribution in [0.3, 0.4) is 0 Å². The Balaban J connectivity index is 1.44. The van der Waals surface area contributed by atoms with Crippen LogP contribution in [0.1, 0.15) is 35.2 Å². The zero-order valence-electron chi connectivity index (χ0n) is 19.0. The normalized spacial score (nSPS) is 14.2. The van der Waals surface area contributed by atoms with Gasteiger partial charge in [-0.15, -0.1) is 0 Å². The molecule has 180 valence electrons. The second kappa shape index (κ2) is 9.67. The molecule has 1 aliphatic heterocycles. The number of fused-ring (bicyclic) bond motifs is 1. The summed E-state index contributed by atoms with van der Waals surface area (Å²) in [5, 5.41) is 0. The summed E-state index contributed by atoms with van der Waals surface area (Å²) in [5.74, 6) is -0.172. The van der Waals surface area contributed by atoms with Crippen LogP contribution < -0.4 is 9.60 Å². The minimum atomic E-state index is -3.98. The highest BCUT2D eigenvalue weighted by molar-refractivity contribution is 7.92. The lowest BCUT2D eigenvalue weighted by Gasteiger charge is -2.27. The molecule has 1 N–H and O–H groups in total. The van der Waals surface area contributed by atoms with Crippen molar-refractivity contribution in [2.45, 2.75) is 30.7 Å². The van der Waals surface area contributed by atoms with E-state index in [1.807, 2.05) is 30.3 Å². The van der Waals surface area contributed by atoms with Gasteiger partial charge in [-0.1, -0.05) is 53.8 Å². The van der Waals surface area contributed by atoms with E-state index in [9.17, 15) is 18.0 Å². The molecular weight excluding hydrogens is 482 g/mol. The second-order valence-corrected chi connectivity index (χ2v) is 11.2. The molecule has 0 saturated carbocycles. The van der Waals surface area contributed by atoms with Gasteiger partial charge in [-0.3, -0.25) is 18.9 Å². The predicted octanol–water partition coefficient (Wildman–Crippen LogP) is 4.54. The van der Waals surface area contributed by atoms with E-state index in [2.05, 4.69) is 4.72 Å². The number of nitrogens with zero attached hydrogens (tertiary/aromatic N) is 2. The second-order valence-electron chi connectivity index (χ2n) is 8.57. The molecule has 0 atom stereocenters. The molecule has 0 radical (unpaired) electrons. The van der Waals surface area contributed by atoms with E-state index in [1.165, 1.54) is 12.1 Å². The average molecular weight is 508 g/mol. The number of sulfonamides is 1. The standard InChI is InChI=1S/C26H25N3O4S2/c30-25(28-15-7-2-8-16-28)21-11-5-6-12-22(21)27-35(32,33)20-13-14-23-24(17-20)34-26(31)29(23)18-19-9-3-1-4-10-19/h1,3-6,9-14,17,27H,2,7-8,15-16,18H2. The Morgan fingerprint density at radius 2 is 1.63 bits per heavy atom. The number of piperidine rings is 1. The maximum absolute atomic E-state index is 13.3. The first-order valence-electron chi connectivity index (χ1n) is 11.5. The fraction of sp³-hybridized carbons (Fsp3) is 0.231. The van der Waals surface area contributed by atoms with Crippen molar-refractivity contribution in [3.8, 4) is 0 Å². The predicted molar refractivity (Wildman–Crippen MR) is 139 cm³/mol. The van der Waals surface area contributed by atoms with Crippen molar-refractivity contribution >= 4 is 43.2 Å². The number of thiazole rings is 1. The first-order valence-corrected chi connectivity index (χ1v) is 13.8. The van der Waals surface area contributed by atoms with Crippen molar-refractivity contribution in [2.24, 2.45) is 0 Å². The number of amides is 1. The van der Waals surface area contributed by atoms with Gasteiger partial charge in [-0.05, 0) is 55.2 Å². The van der Waals surface area contributed by atoms with E-state index in [4.69, 9.17) is 0 Å². The highest BCUT2D eigenvalue weighted by atomic mass is 32.2. The summed E-state index contributed by atoms with van der Waals surface area (Å²) in [6.07, 6.45) is 3.00. The molecule has 0 bridgehead atoms. The number of benzene rings is 3. The minimum Gasteiger partial charge on any atom is -0.339 e. The molecule has 9 heteroatoms. The first-order chi connectivity index (χ1) is 16.9. The average Bonchev–Trinajstić information content (AvgIpc) is 3.19. The van der Waals surface area contributed by atoms with E-state index < -0.39 is 10.0 Å². The highest BCUT2D eigenvalue weighted by Gasteiger charge is 2.24. The van der Waals surface area contributed by atoms with E-state index >= 15 is 0 Å². The molecule has 1 amide bonds. The number of anilines is 1. The van der Waals surface area contributed by atoms with Gasteiger partial charge >= 0.3 is 4.87 Å². The lowest BCUT2D eigenvalue weighted by Crippen LogP contribution is -2.36. The van der Waals surface area contributed by atoms with E-state index in [1.54, 1.807) is 39.8 Å². The van der Waals surface area contributed by atoms with Gasteiger partial charge in [0.05, 0.1) is 32.9 Å². The summed E-state index contributed by atoms with van der Waals surface area (Å²) < 4.78 is 31.4. The lowest BCUT2D eigenvalue weighted by atomic mass is 10.1. The number of hydrogen-bond acceptors (Lipinski definition) is 5. The molecule has 3 aromatic carbocycles. The zero-order chi connectivity index (χ0) is 24.4. The fourth-order valence-corrected chi connectivity index (χ4v) is 6.47. The van der Waals surface area contributed by atoms with Crippen LogP contribution in [-0.2, 0) is 16.6 Å². The Morgan fingerprint density at radius 3 is 2.40 bits per heavy atom. The van der Waals surface area contributed by atoms with Gasteiger partial charge in [0.25, 0.3) is 15.9 Å². The molecule has 1 aliphatic rings. The van der Waals surface area contributed by atoms with Crippen molar-refractivity contribution < 1.29 is 13.2 Å². The quantitative estimate of drug-likeness (QED) is 0.415. The van der Waals surface area contributed by atoms with Crippen molar-refractivity contribution in [3.63, 3.8) is 0 Å². The topological polar surface area (TPSA) is 88.5 Å². The number of aromatic nitrogens is 1. The van der Waals surface area contributed by atoms with Crippen LogP contribution in [0.4, 0.5) is 5.69 Å². The third-order valence-corrected chi connectivity index (χ3v) is 8.48. The minimum absolute atomic E-state index is 0.0401. The number of hydrogen-bond donors (Lipinski definition) is 1. The summed E-state index contributed by atoms with van der Waals surface area (Å²) in [6.45, 7) is 1.76. The van der Waals surface area contributed by atoms with Crippen LogP contribution in [-0.4, -0.2) is 36.9 Å². The van der Waals surface area contributed by atoms with Crippen LogP contribution in [0.2, 0.25) is 0 Å². The van der Waals surface area contributed by atoms with Gasteiger partial charge in [0.15, 0.2) is 0 Å². The Morgan fingerprint density at radius 1 is 0.914 bits per heavy atom. The van der Waals surface area contributed by atoms with Crippen molar-refractivity contribution in [1.82, 2.24) is 9.47 Å². The number of likely N-dealkylation sites (tertiary alicyclic amines) is 1. The smallest absolute Gasteiger partial charge is 0.308 e. The fourth-order valence-electron chi connectivity index (χ4n) is 4.36. The maximum atomic E-state index is 13.3. The summed E-state index contributed by atoms with van der Waals surface area (Å²) in [5.41, 5.74) is 2.25. The first kappa shape index (κ1) is 23.3. The van der Waals surface area contributed by atoms with Gasteiger partial charge in [-0.2, -0.15) is 0 Å². The van der Waals surface area contributed by atoms with Gasteiger partial charge in [-0.25, -0.2) is 8.42 Å². The molecule has 2 heterocycles. The third-order valence-electron chi connectivity index (χ3n) is 6.18. The molecule has 35 heavy (non-hydrogen) atoms. The number of para-hydroxylation sites is 1. The Labute approximate surface area is 207 Å². The Hall–Kier alpha value is -3.43. The van der Waals surface area contributed by atoms with Gasteiger partial charge in [0.2, 0.25) is 0 Å². The van der Waals surface area contributed by atoms with Crippen LogP contribution in [0.15, 0.2) is 82.5 Å². The Bertz CT molecular complexity index is 1540. The van der Waals surface area contributed by atoms with Gasteiger partial charge in [0.1, 0.15) is 0 Å². The molecule has 5 rings (SSSR count). The largest absolute Gasteiger partial charge is 0.339 e. The number of carbonyl (C=O) groups is 1. The maximum Gasteiger partial charge on any atom is 0.308 e. The number of nitrogens with one attached hydrogen (secondary N) is 1. The monoisotopic (exact) mass is 507 g/mol. The summed E-state index contributed by atoms with van der Waals surface area (Å²) in [6, 6.07) is 21.0. The van der Waals surface area contributed by atoms with Crippen LogP contribution in [0, 0.1) is 0 Å². The summed E-state index contributed by atoms with van der Waals surface area (Å²) in [7, 11) is -3.98. The molecule has 7 nitrogen and oxygen atoms in total. The summed E-state index contributed by atoms with van der Waals surface area (Å²) in [4.78, 5) is 27.4. The van der Waals surface area contributed by atoms with Crippen molar-refractivity contribution in [1.29, 1.82) is 0 Å². The molecule has 1 aromatic heterocycles. The number of carbonyl (C=O) groups excluding carboxylic acids is 1.